The van der Waals surface area contributed by atoms with Crippen LogP contribution in [0.15, 0.2) is 0 Å². The lowest BCUT2D eigenvalue weighted by Crippen LogP contribution is -2.06. The second-order valence-electron chi connectivity index (χ2n) is 3.35. The zero-order valence-electron chi connectivity index (χ0n) is 9.42. The van der Waals surface area contributed by atoms with E-state index in [2.05, 4.69) is 4.52 Å². The molecule has 0 rings (SSSR count). The van der Waals surface area contributed by atoms with Crippen molar-refractivity contribution in [1.29, 1.82) is 0 Å². The summed E-state index contributed by atoms with van der Waals surface area (Å²) in [5, 5.41) is 0. The Kier molecular flexibility index (Phi) is 8.47. The van der Waals surface area contributed by atoms with Gasteiger partial charge in [0.1, 0.15) is 0 Å². The molecule has 0 saturated carbocycles. The average Bonchev–Trinajstić information content (AvgIpc) is 2.18. The molecule has 0 fully saturated rings. The molecule has 0 aromatic heterocycles. The average molecular weight is 254 g/mol. The topological polar surface area (TPSA) is 93.1 Å². The number of ether oxygens (including phenoxy) is 1. The van der Waals surface area contributed by atoms with Crippen molar-refractivity contribution in [3.63, 3.8) is 0 Å². The summed E-state index contributed by atoms with van der Waals surface area (Å²) in [6.07, 6.45) is 3.19. The quantitative estimate of drug-likeness (QED) is 0.369. The maximum Gasteiger partial charge on any atom is 0.469 e. The number of hydrogen-bond acceptors (Lipinski definition) is 4. The Morgan fingerprint density at radius 1 is 1.19 bits per heavy atom. The van der Waals surface area contributed by atoms with Crippen LogP contribution in [0.3, 0.4) is 0 Å². The molecule has 0 atom stereocenters. The monoisotopic (exact) mass is 254 g/mol. The summed E-state index contributed by atoms with van der Waals surface area (Å²) < 4.78 is 19.4. The van der Waals surface area contributed by atoms with Crippen LogP contribution in [0.4, 0.5) is 0 Å². The summed E-state index contributed by atoms with van der Waals surface area (Å²) in [7, 11) is -4.36. The lowest BCUT2D eigenvalue weighted by Gasteiger charge is -2.05. The maximum absolute atomic E-state index is 11.0. The highest BCUT2D eigenvalue weighted by Crippen LogP contribution is 2.35. The van der Waals surface area contributed by atoms with Gasteiger partial charge in [-0.05, 0) is 19.3 Å². The lowest BCUT2D eigenvalue weighted by molar-refractivity contribution is -0.143. The molecular formula is C9H19O6P. The zero-order chi connectivity index (χ0) is 12.4. The largest absolute Gasteiger partial charge is 0.469 e. The molecule has 0 amide bonds. The Labute approximate surface area is 95.2 Å². The fourth-order valence-corrected chi connectivity index (χ4v) is 1.33. The normalized spacial score (nSPS) is 11.4. The van der Waals surface area contributed by atoms with Gasteiger partial charge in [0.25, 0.3) is 0 Å². The summed E-state index contributed by atoms with van der Waals surface area (Å²) >= 11 is 0. The molecule has 0 aliphatic rings. The molecule has 2 N–H and O–H groups in total. The molecule has 0 saturated heterocycles. The van der Waals surface area contributed by atoms with Crippen LogP contribution in [0.2, 0.25) is 0 Å². The lowest BCUT2D eigenvalue weighted by atomic mass is 10.2. The van der Waals surface area contributed by atoms with Gasteiger partial charge in [-0.2, -0.15) is 0 Å². The molecule has 0 aromatic rings. The second-order valence-corrected chi connectivity index (χ2v) is 4.59. The molecule has 6 nitrogen and oxygen atoms in total. The number of esters is 1. The first-order valence-electron chi connectivity index (χ1n) is 5.31. The van der Waals surface area contributed by atoms with E-state index in [0.717, 1.165) is 12.8 Å². The van der Waals surface area contributed by atoms with Crippen molar-refractivity contribution in [2.24, 2.45) is 0 Å². The molecule has 0 spiro atoms. The van der Waals surface area contributed by atoms with Gasteiger partial charge in [-0.1, -0.05) is 13.3 Å². The van der Waals surface area contributed by atoms with Crippen LogP contribution in [0.5, 0.6) is 0 Å². The standard InChI is InChI=1S/C9H19O6P/c1-2-3-6-9(10)14-7-4-5-8-15-16(11,12)13/h2-8H2,1H3,(H2,11,12,13). The summed E-state index contributed by atoms with van der Waals surface area (Å²) in [4.78, 5) is 27.7. The minimum atomic E-state index is -4.36. The molecule has 0 bridgehead atoms. The fourth-order valence-electron chi connectivity index (χ4n) is 0.967. The Morgan fingerprint density at radius 3 is 2.38 bits per heavy atom. The fraction of sp³-hybridized carbons (Fsp3) is 0.889. The molecule has 0 aliphatic heterocycles. The number of unbranched alkanes of at least 4 members (excludes halogenated alkanes) is 2. The summed E-state index contributed by atoms with van der Waals surface area (Å²) in [5.74, 6) is -0.224. The van der Waals surface area contributed by atoms with E-state index in [4.69, 9.17) is 14.5 Å². The van der Waals surface area contributed by atoms with Crippen LogP contribution in [0, 0.1) is 0 Å². The van der Waals surface area contributed by atoms with Gasteiger partial charge in [-0.15, -0.1) is 0 Å². The van der Waals surface area contributed by atoms with Crippen molar-refractivity contribution < 1.29 is 28.4 Å². The van der Waals surface area contributed by atoms with Crippen LogP contribution in [-0.4, -0.2) is 29.0 Å². The summed E-state index contributed by atoms with van der Waals surface area (Å²) in [6.45, 7) is 2.23. The third kappa shape index (κ3) is 11.7. The van der Waals surface area contributed by atoms with Crippen LogP contribution < -0.4 is 0 Å². The highest BCUT2D eigenvalue weighted by atomic mass is 31.2. The third-order valence-electron chi connectivity index (χ3n) is 1.80. The molecular weight excluding hydrogens is 235 g/mol. The summed E-state index contributed by atoms with van der Waals surface area (Å²) in [5.41, 5.74) is 0. The van der Waals surface area contributed by atoms with Gasteiger partial charge in [0, 0.05) is 6.42 Å². The van der Waals surface area contributed by atoms with E-state index < -0.39 is 7.82 Å². The molecule has 16 heavy (non-hydrogen) atoms. The van der Waals surface area contributed by atoms with Crippen LogP contribution in [-0.2, 0) is 18.6 Å². The maximum atomic E-state index is 11.0. The van der Waals surface area contributed by atoms with Crippen molar-refractivity contribution in [2.45, 2.75) is 39.0 Å². The zero-order valence-corrected chi connectivity index (χ0v) is 10.3. The van der Waals surface area contributed by atoms with Gasteiger partial charge in [0.2, 0.25) is 0 Å². The summed E-state index contributed by atoms with van der Waals surface area (Å²) in [6, 6.07) is 0. The van der Waals surface area contributed by atoms with E-state index in [1.54, 1.807) is 0 Å². The predicted molar refractivity (Wildman–Crippen MR) is 57.7 cm³/mol. The highest BCUT2D eigenvalue weighted by Gasteiger charge is 2.12. The van der Waals surface area contributed by atoms with E-state index in [0.29, 0.717) is 19.3 Å². The molecule has 96 valence electrons. The number of carbonyl (C=O) groups excluding carboxylic acids is 1. The molecule has 0 radical (unpaired) electrons. The van der Waals surface area contributed by atoms with Crippen molar-refractivity contribution >= 4 is 13.8 Å². The SMILES string of the molecule is CCCCC(=O)OCCCCOP(=O)(O)O. The van der Waals surface area contributed by atoms with E-state index in [1.165, 1.54) is 0 Å². The van der Waals surface area contributed by atoms with E-state index in [-0.39, 0.29) is 19.2 Å². The molecule has 0 heterocycles. The highest BCUT2D eigenvalue weighted by molar-refractivity contribution is 7.46. The molecule has 0 aromatic carbocycles. The molecule has 0 aliphatic carbocycles. The number of carbonyl (C=O) groups is 1. The first-order chi connectivity index (χ1) is 7.45. The second kappa shape index (κ2) is 8.70. The first-order valence-corrected chi connectivity index (χ1v) is 6.84. The van der Waals surface area contributed by atoms with Crippen LogP contribution in [0.25, 0.3) is 0 Å². The molecule has 0 unspecified atom stereocenters. The van der Waals surface area contributed by atoms with Gasteiger partial charge in [-0.3, -0.25) is 9.32 Å². The van der Waals surface area contributed by atoms with Crippen molar-refractivity contribution in [3.8, 4) is 0 Å². The number of phosphoric acid groups is 1. The van der Waals surface area contributed by atoms with Gasteiger partial charge >= 0.3 is 13.8 Å². The number of rotatable bonds is 9. The number of phosphoric ester groups is 1. The van der Waals surface area contributed by atoms with E-state index in [1.807, 2.05) is 6.92 Å². The Morgan fingerprint density at radius 2 is 1.81 bits per heavy atom. The third-order valence-corrected chi connectivity index (χ3v) is 2.31. The number of hydrogen-bond donors (Lipinski definition) is 2. The van der Waals surface area contributed by atoms with E-state index in [9.17, 15) is 9.36 Å². The predicted octanol–water partition coefficient (Wildman–Crippen LogP) is 1.61. The Balaban J connectivity index is 3.27. The minimum absolute atomic E-state index is 0.0310. The van der Waals surface area contributed by atoms with Crippen LogP contribution >= 0.6 is 7.82 Å². The van der Waals surface area contributed by atoms with Gasteiger partial charge < -0.3 is 14.5 Å². The van der Waals surface area contributed by atoms with Crippen LogP contribution in [0.1, 0.15) is 39.0 Å². The Bertz CT molecular complexity index is 236. The van der Waals surface area contributed by atoms with Crippen molar-refractivity contribution in [1.82, 2.24) is 0 Å². The van der Waals surface area contributed by atoms with Crippen molar-refractivity contribution in [2.75, 3.05) is 13.2 Å². The van der Waals surface area contributed by atoms with Gasteiger partial charge in [-0.25, -0.2) is 4.57 Å². The van der Waals surface area contributed by atoms with E-state index >= 15 is 0 Å². The van der Waals surface area contributed by atoms with Gasteiger partial charge in [0.15, 0.2) is 0 Å². The minimum Gasteiger partial charge on any atom is -0.466 e. The smallest absolute Gasteiger partial charge is 0.466 e. The molecule has 7 heteroatoms. The van der Waals surface area contributed by atoms with Gasteiger partial charge in [0.05, 0.1) is 13.2 Å². The first kappa shape index (κ1) is 15.6. The van der Waals surface area contributed by atoms with Crippen molar-refractivity contribution in [3.05, 3.63) is 0 Å². The Hall–Kier alpha value is -0.420.